The summed E-state index contributed by atoms with van der Waals surface area (Å²) < 4.78 is 0. The van der Waals surface area contributed by atoms with E-state index < -0.39 is 6.10 Å². The van der Waals surface area contributed by atoms with Crippen LogP contribution in [0.25, 0.3) is 0 Å². The molecule has 0 aliphatic heterocycles. The Morgan fingerprint density at radius 2 is 2.00 bits per heavy atom. The molecule has 0 aromatic carbocycles. The first-order chi connectivity index (χ1) is 5.83. The van der Waals surface area contributed by atoms with E-state index >= 15 is 0 Å². The maximum Gasteiger partial charge on any atom is 0.114 e. The first-order valence-corrected chi connectivity index (χ1v) is 5.02. The van der Waals surface area contributed by atoms with E-state index in [4.69, 9.17) is 0 Å². The summed E-state index contributed by atoms with van der Waals surface area (Å²) in [5.74, 6) is 6.65. The van der Waals surface area contributed by atoms with Crippen LogP contribution in [-0.4, -0.2) is 11.2 Å². The zero-order valence-corrected chi connectivity index (χ0v) is 7.84. The van der Waals surface area contributed by atoms with Crippen molar-refractivity contribution in [3.8, 4) is 11.8 Å². The van der Waals surface area contributed by atoms with E-state index in [0.717, 1.165) is 6.42 Å². The standard InChI is InChI=1S/C11H18O/c1-2-11(12)9-8-10-6-4-3-5-7-10/h10-12H,2-7H2,1H3/t11-/m0/s1. The maximum atomic E-state index is 9.21. The number of aliphatic hydroxyl groups excluding tert-OH is 1. The fourth-order valence-corrected chi connectivity index (χ4v) is 1.56. The molecule has 0 heterocycles. The third kappa shape index (κ3) is 3.28. The Kier molecular flexibility index (Phi) is 4.18. The summed E-state index contributed by atoms with van der Waals surface area (Å²) in [7, 11) is 0. The molecule has 12 heavy (non-hydrogen) atoms. The molecular weight excluding hydrogens is 148 g/mol. The highest BCUT2D eigenvalue weighted by Gasteiger charge is 2.09. The second-order valence-electron chi connectivity index (χ2n) is 3.55. The molecule has 0 bridgehead atoms. The van der Waals surface area contributed by atoms with Gasteiger partial charge in [0.2, 0.25) is 0 Å². The van der Waals surface area contributed by atoms with E-state index in [1.165, 1.54) is 32.1 Å². The van der Waals surface area contributed by atoms with Crippen molar-refractivity contribution in [3.05, 3.63) is 0 Å². The normalized spacial score (nSPS) is 21.2. The second kappa shape index (κ2) is 5.22. The van der Waals surface area contributed by atoms with Crippen molar-refractivity contribution in [1.29, 1.82) is 0 Å². The predicted octanol–water partition coefficient (Wildman–Crippen LogP) is 2.34. The second-order valence-corrected chi connectivity index (χ2v) is 3.55. The fourth-order valence-electron chi connectivity index (χ4n) is 1.56. The molecular formula is C11H18O. The molecule has 1 N–H and O–H groups in total. The summed E-state index contributed by atoms with van der Waals surface area (Å²) in [6.45, 7) is 1.96. The SMILES string of the molecule is CC[C@H](O)C#CC1CCCCC1. The van der Waals surface area contributed by atoms with Crippen LogP contribution >= 0.6 is 0 Å². The Morgan fingerprint density at radius 1 is 1.33 bits per heavy atom. The summed E-state index contributed by atoms with van der Waals surface area (Å²) in [6, 6.07) is 0. The third-order valence-corrected chi connectivity index (χ3v) is 2.45. The highest BCUT2D eigenvalue weighted by Crippen LogP contribution is 2.22. The van der Waals surface area contributed by atoms with Gasteiger partial charge in [0, 0.05) is 5.92 Å². The van der Waals surface area contributed by atoms with Gasteiger partial charge in [0.05, 0.1) is 0 Å². The van der Waals surface area contributed by atoms with E-state index in [9.17, 15) is 5.11 Å². The van der Waals surface area contributed by atoms with E-state index in [0.29, 0.717) is 5.92 Å². The minimum Gasteiger partial charge on any atom is -0.380 e. The van der Waals surface area contributed by atoms with Crippen LogP contribution in [0.15, 0.2) is 0 Å². The molecule has 68 valence electrons. The molecule has 0 unspecified atom stereocenters. The van der Waals surface area contributed by atoms with Gasteiger partial charge in [-0.1, -0.05) is 38.0 Å². The molecule has 0 radical (unpaired) electrons. The lowest BCUT2D eigenvalue weighted by Crippen LogP contribution is -2.05. The first kappa shape index (κ1) is 9.61. The summed E-state index contributed by atoms with van der Waals surface area (Å²) >= 11 is 0. The van der Waals surface area contributed by atoms with Crippen LogP contribution in [0.5, 0.6) is 0 Å². The number of hydrogen-bond acceptors (Lipinski definition) is 1. The van der Waals surface area contributed by atoms with Gasteiger partial charge in [-0.15, -0.1) is 0 Å². The molecule has 1 fully saturated rings. The van der Waals surface area contributed by atoms with Crippen LogP contribution < -0.4 is 0 Å². The smallest absolute Gasteiger partial charge is 0.114 e. The largest absolute Gasteiger partial charge is 0.380 e. The van der Waals surface area contributed by atoms with Crippen molar-refractivity contribution in [2.45, 2.75) is 51.6 Å². The zero-order chi connectivity index (χ0) is 8.81. The molecule has 1 aliphatic rings. The maximum absolute atomic E-state index is 9.21. The van der Waals surface area contributed by atoms with Crippen LogP contribution in [0.4, 0.5) is 0 Å². The minimum absolute atomic E-state index is 0.396. The molecule has 0 aromatic rings. The van der Waals surface area contributed by atoms with Crippen molar-refractivity contribution < 1.29 is 5.11 Å². The topological polar surface area (TPSA) is 20.2 Å². The lowest BCUT2D eigenvalue weighted by atomic mass is 9.90. The van der Waals surface area contributed by atoms with Crippen molar-refractivity contribution in [3.63, 3.8) is 0 Å². The molecule has 1 heteroatoms. The fraction of sp³-hybridized carbons (Fsp3) is 0.818. The van der Waals surface area contributed by atoms with Crippen LogP contribution in [0.2, 0.25) is 0 Å². The van der Waals surface area contributed by atoms with Crippen LogP contribution in [-0.2, 0) is 0 Å². The molecule has 1 aliphatic carbocycles. The number of rotatable bonds is 1. The molecule has 1 atom stereocenters. The zero-order valence-electron chi connectivity index (χ0n) is 7.84. The Bertz CT molecular complexity index is 169. The van der Waals surface area contributed by atoms with E-state index in [2.05, 4.69) is 11.8 Å². The average molecular weight is 166 g/mol. The monoisotopic (exact) mass is 166 g/mol. The van der Waals surface area contributed by atoms with Gasteiger partial charge in [-0.05, 0) is 19.3 Å². The summed E-state index contributed by atoms with van der Waals surface area (Å²) in [4.78, 5) is 0. The summed E-state index contributed by atoms with van der Waals surface area (Å²) in [5.41, 5.74) is 0. The van der Waals surface area contributed by atoms with Gasteiger partial charge < -0.3 is 5.11 Å². The summed E-state index contributed by atoms with van der Waals surface area (Å²) in [6.07, 6.45) is 6.84. The Morgan fingerprint density at radius 3 is 2.58 bits per heavy atom. The van der Waals surface area contributed by atoms with Crippen molar-refractivity contribution >= 4 is 0 Å². The van der Waals surface area contributed by atoms with Crippen LogP contribution in [0, 0.1) is 17.8 Å². The van der Waals surface area contributed by atoms with E-state index in [1.807, 2.05) is 6.92 Å². The van der Waals surface area contributed by atoms with Gasteiger partial charge in [-0.3, -0.25) is 0 Å². The van der Waals surface area contributed by atoms with E-state index in [-0.39, 0.29) is 0 Å². The molecule has 1 nitrogen and oxygen atoms in total. The molecule has 1 saturated carbocycles. The number of hydrogen-bond donors (Lipinski definition) is 1. The van der Waals surface area contributed by atoms with Gasteiger partial charge in [0.1, 0.15) is 6.10 Å². The van der Waals surface area contributed by atoms with Gasteiger partial charge in [0.25, 0.3) is 0 Å². The minimum atomic E-state index is -0.396. The number of aliphatic hydroxyl groups is 1. The highest BCUT2D eigenvalue weighted by atomic mass is 16.3. The molecule has 0 amide bonds. The lowest BCUT2D eigenvalue weighted by molar-refractivity contribution is 0.228. The van der Waals surface area contributed by atoms with Crippen LogP contribution in [0.1, 0.15) is 45.4 Å². The van der Waals surface area contributed by atoms with Gasteiger partial charge >= 0.3 is 0 Å². The van der Waals surface area contributed by atoms with Crippen molar-refractivity contribution in [1.82, 2.24) is 0 Å². The Balaban J connectivity index is 2.30. The van der Waals surface area contributed by atoms with Crippen molar-refractivity contribution in [2.24, 2.45) is 5.92 Å². The third-order valence-electron chi connectivity index (χ3n) is 2.45. The quantitative estimate of drug-likeness (QED) is 0.593. The Labute approximate surface area is 75.2 Å². The highest BCUT2D eigenvalue weighted by molar-refractivity contribution is 5.08. The molecule has 1 rings (SSSR count). The van der Waals surface area contributed by atoms with E-state index in [1.54, 1.807) is 0 Å². The first-order valence-electron chi connectivity index (χ1n) is 5.02. The van der Waals surface area contributed by atoms with Crippen molar-refractivity contribution in [2.75, 3.05) is 0 Å². The molecule has 0 spiro atoms. The Hall–Kier alpha value is -0.480. The average Bonchev–Trinajstić information content (AvgIpc) is 2.16. The lowest BCUT2D eigenvalue weighted by Gasteiger charge is -2.15. The van der Waals surface area contributed by atoms with Gasteiger partial charge in [-0.2, -0.15) is 0 Å². The van der Waals surface area contributed by atoms with Gasteiger partial charge in [0.15, 0.2) is 0 Å². The molecule has 0 saturated heterocycles. The van der Waals surface area contributed by atoms with Crippen LogP contribution in [0.3, 0.4) is 0 Å². The summed E-state index contributed by atoms with van der Waals surface area (Å²) in [5, 5.41) is 9.21. The predicted molar refractivity (Wildman–Crippen MR) is 50.6 cm³/mol. The van der Waals surface area contributed by atoms with Gasteiger partial charge in [-0.25, -0.2) is 0 Å². The molecule has 0 aromatic heterocycles.